The largest absolute Gasteiger partial charge is 0.355 e. The Balaban J connectivity index is 1.29. The number of benzene rings is 1. The average molecular weight is 386 g/mol. The number of nitrogens with zero attached hydrogens (tertiary/aromatic N) is 4. The molecular formula is C21H31N5O2. The Kier molecular flexibility index (Phi) is 7.56. The number of piperazine rings is 1. The van der Waals surface area contributed by atoms with E-state index in [1.807, 2.05) is 6.07 Å². The van der Waals surface area contributed by atoms with Crippen LogP contribution < -0.4 is 5.32 Å². The summed E-state index contributed by atoms with van der Waals surface area (Å²) in [7, 11) is 0. The lowest BCUT2D eigenvalue weighted by atomic mass is 10.1. The Labute approximate surface area is 167 Å². The van der Waals surface area contributed by atoms with Crippen LogP contribution in [0.1, 0.15) is 43.5 Å². The van der Waals surface area contributed by atoms with Gasteiger partial charge in [0, 0.05) is 38.6 Å². The van der Waals surface area contributed by atoms with E-state index in [1.54, 1.807) is 0 Å². The summed E-state index contributed by atoms with van der Waals surface area (Å²) < 4.78 is 5.33. The first-order chi connectivity index (χ1) is 13.6. The minimum Gasteiger partial charge on any atom is -0.355 e. The molecule has 3 rings (SSSR count). The van der Waals surface area contributed by atoms with E-state index in [0.717, 1.165) is 51.4 Å². The van der Waals surface area contributed by atoms with Crippen LogP contribution in [0.2, 0.25) is 0 Å². The molecule has 0 aliphatic carbocycles. The normalized spacial score (nSPS) is 15.8. The molecule has 0 unspecified atom stereocenters. The van der Waals surface area contributed by atoms with Crippen LogP contribution in [0, 0.1) is 0 Å². The van der Waals surface area contributed by atoms with Gasteiger partial charge in [-0.3, -0.25) is 14.6 Å². The van der Waals surface area contributed by atoms with E-state index in [9.17, 15) is 4.79 Å². The second-order valence-electron chi connectivity index (χ2n) is 7.69. The molecule has 1 N–H and O–H groups in total. The molecule has 7 nitrogen and oxygen atoms in total. The highest BCUT2D eigenvalue weighted by Crippen LogP contribution is 2.12. The molecule has 1 aliphatic rings. The van der Waals surface area contributed by atoms with Crippen LogP contribution in [-0.2, 0) is 17.8 Å². The van der Waals surface area contributed by atoms with Crippen LogP contribution >= 0.6 is 0 Å². The smallest absolute Gasteiger partial charge is 0.240 e. The number of aromatic nitrogens is 2. The highest BCUT2D eigenvalue weighted by molar-refractivity contribution is 5.77. The quantitative estimate of drug-likeness (QED) is 0.666. The molecule has 1 fully saturated rings. The second-order valence-corrected chi connectivity index (χ2v) is 7.69. The topological polar surface area (TPSA) is 74.5 Å². The zero-order valence-electron chi connectivity index (χ0n) is 16.9. The Morgan fingerprint density at radius 3 is 2.54 bits per heavy atom. The summed E-state index contributed by atoms with van der Waals surface area (Å²) in [6.07, 6.45) is 1.96. The molecule has 0 spiro atoms. The second kappa shape index (κ2) is 10.3. The minimum absolute atomic E-state index is 0.111. The highest BCUT2D eigenvalue weighted by atomic mass is 16.5. The van der Waals surface area contributed by atoms with Crippen LogP contribution in [0.3, 0.4) is 0 Å². The van der Waals surface area contributed by atoms with Gasteiger partial charge < -0.3 is 9.84 Å². The van der Waals surface area contributed by atoms with Crippen LogP contribution in [0.5, 0.6) is 0 Å². The van der Waals surface area contributed by atoms with Crippen molar-refractivity contribution in [2.45, 2.75) is 39.2 Å². The van der Waals surface area contributed by atoms with Crippen molar-refractivity contribution in [3.8, 4) is 0 Å². The van der Waals surface area contributed by atoms with Gasteiger partial charge in [0.05, 0.1) is 13.1 Å². The number of hydrogen-bond acceptors (Lipinski definition) is 6. The molecule has 28 heavy (non-hydrogen) atoms. The van der Waals surface area contributed by atoms with E-state index < -0.39 is 0 Å². The van der Waals surface area contributed by atoms with Crippen molar-refractivity contribution >= 4 is 5.91 Å². The Morgan fingerprint density at radius 2 is 1.86 bits per heavy atom. The van der Waals surface area contributed by atoms with Crippen molar-refractivity contribution in [1.29, 1.82) is 0 Å². The third-order valence-electron chi connectivity index (χ3n) is 5.00. The Bertz CT molecular complexity index is 723. The molecule has 0 bridgehead atoms. The summed E-state index contributed by atoms with van der Waals surface area (Å²) in [6.45, 7) is 9.55. The van der Waals surface area contributed by atoms with E-state index in [0.29, 0.717) is 19.0 Å². The van der Waals surface area contributed by atoms with Gasteiger partial charge in [-0.25, -0.2) is 0 Å². The molecule has 1 saturated heterocycles. The first-order valence-electron chi connectivity index (χ1n) is 10.2. The molecule has 2 heterocycles. The first kappa shape index (κ1) is 20.5. The van der Waals surface area contributed by atoms with Gasteiger partial charge >= 0.3 is 0 Å². The number of nitrogens with one attached hydrogen (secondary N) is 1. The van der Waals surface area contributed by atoms with Crippen molar-refractivity contribution in [2.24, 2.45) is 0 Å². The van der Waals surface area contributed by atoms with Crippen LogP contribution in [0.25, 0.3) is 0 Å². The summed E-state index contributed by atoms with van der Waals surface area (Å²) in [5, 5.41) is 7.05. The van der Waals surface area contributed by atoms with Gasteiger partial charge in [0.25, 0.3) is 0 Å². The highest BCUT2D eigenvalue weighted by Gasteiger charge is 2.21. The SMILES string of the molecule is CC(C)c1noc(CN2CCN(CC(=O)NCCCc3ccccc3)CC2)n1. The number of aryl methyl sites for hydroxylation is 1. The van der Waals surface area contributed by atoms with Crippen molar-refractivity contribution in [1.82, 2.24) is 25.3 Å². The van der Waals surface area contributed by atoms with E-state index in [4.69, 9.17) is 4.52 Å². The van der Waals surface area contributed by atoms with Gasteiger partial charge in [-0.05, 0) is 18.4 Å². The molecule has 1 aromatic carbocycles. The fourth-order valence-electron chi connectivity index (χ4n) is 3.29. The number of carbonyl (C=O) groups excluding carboxylic acids is 1. The number of amides is 1. The molecule has 2 aromatic rings. The van der Waals surface area contributed by atoms with Crippen molar-refractivity contribution < 1.29 is 9.32 Å². The maximum Gasteiger partial charge on any atom is 0.240 e. The monoisotopic (exact) mass is 385 g/mol. The van der Waals surface area contributed by atoms with Crippen LogP contribution in [-0.4, -0.2) is 65.1 Å². The molecule has 1 amide bonds. The maximum atomic E-state index is 12.2. The summed E-state index contributed by atoms with van der Waals surface area (Å²) in [6, 6.07) is 10.4. The lowest BCUT2D eigenvalue weighted by Crippen LogP contribution is -2.49. The molecule has 0 atom stereocenters. The number of hydrogen-bond donors (Lipinski definition) is 1. The van der Waals surface area contributed by atoms with E-state index >= 15 is 0 Å². The molecule has 1 aromatic heterocycles. The fourth-order valence-corrected chi connectivity index (χ4v) is 3.29. The third kappa shape index (κ3) is 6.42. The zero-order valence-corrected chi connectivity index (χ0v) is 16.9. The lowest BCUT2D eigenvalue weighted by molar-refractivity contribution is -0.122. The maximum absolute atomic E-state index is 12.2. The van der Waals surface area contributed by atoms with Gasteiger partial charge in [0.15, 0.2) is 5.82 Å². The average Bonchev–Trinajstić information content (AvgIpc) is 3.17. The predicted molar refractivity (Wildman–Crippen MR) is 108 cm³/mol. The lowest BCUT2D eigenvalue weighted by Gasteiger charge is -2.33. The van der Waals surface area contributed by atoms with Crippen molar-refractivity contribution in [2.75, 3.05) is 39.3 Å². The van der Waals surface area contributed by atoms with Gasteiger partial charge in [-0.2, -0.15) is 4.98 Å². The molecule has 7 heteroatoms. The standard InChI is InChI=1S/C21H31N5O2/c1-17(2)21-23-20(28-24-21)16-26-13-11-25(12-14-26)15-19(27)22-10-6-9-18-7-4-3-5-8-18/h3-5,7-8,17H,6,9-16H2,1-2H3,(H,22,27). The first-order valence-corrected chi connectivity index (χ1v) is 10.2. The van der Waals surface area contributed by atoms with Crippen molar-refractivity contribution in [3.05, 3.63) is 47.6 Å². The molecule has 1 aliphatic heterocycles. The van der Waals surface area contributed by atoms with E-state index in [2.05, 4.69) is 63.4 Å². The predicted octanol–water partition coefficient (Wildman–Crippen LogP) is 2.06. The molecule has 0 saturated carbocycles. The van der Waals surface area contributed by atoms with Crippen molar-refractivity contribution in [3.63, 3.8) is 0 Å². The van der Waals surface area contributed by atoms with Crippen LogP contribution in [0.4, 0.5) is 0 Å². The van der Waals surface area contributed by atoms with E-state index in [1.165, 1.54) is 5.56 Å². The summed E-state index contributed by atoms with van der Waals surface area (Å²) in [4.78, 5) is 21.1. The molecular weight excluding hydrogens is 354 g/mol. The zero-order chi connectivity index (χ0) is 19.8. The summed E-state index contributed by atoms with van der Waals surface area (Å²) in [5.41, 5.74) is 1.31. The Morgan fingerprint density at radius 1 is 1.14 bits per heavy atom. The molecule has 0 radical (unpaired) electrons. The number of carbonyl (C=O) groups is 1. The van der Waals surface area contributed by atoms with E-state index in [-0.39, 0.29) is 11.8 Å². The third-order valence-corrected chi connectivity index (χ3v) is 5.00. The summed E-state index contributed by atoms with van der Waals surface area (Å²) >= 11 is 0. The summed E-state index contributed by atoms with van der Waals surface area (Å²) in [5.74, 6) is 1.83. The van der Waals surface area contributed by atoms with Gasteiger partial charge in [-0.1, -0.05) is 49.3 Å². The number of rotatable bonds is 9. The van der Waals surface area contributed by atoms with Crippen LogP contribution in [0.15, 0.2) is 34.9 Å². The fraction of sp³-hybridized carbons (Fsp3) is 0.571. The Hall–Kier alpha value is -2.25. The van der Waals surface area contributed by atoms with Gasteiger partial charge in [0.2, 0.25) is 11.8 Å². The van der Waals surface area contributed by atoms with Gasteiger partial charge in [0.1, 0.15) is 0 Å². The van der Waals surface area contributed by atoms with Gasteiger partial charge in [-0.15, -0.1) is 0 Å². The molecule has 152 valence electrons. The minimum atomic E-state index is 0.111.